The van der Waals surface area contributed by atoms with E-state index in [-0.39, 0.29) is 12.5 Å². The number of carbonyl (C=O) groups excluding carboxylic acids is 2. The number of rotatable bonds is 0. The molecule has 0 fully saturated rings. The number of nitrogens with zero attached hydrogens (tertiary/aromatic N) is 1. The van der Waals surface area contributed by atoms with E-state index in [1.807, 2.05) is 48.5 Å². The molecule has 1 aromatic heterocycles. The highest BCUT2D eigenvalue weighted by Crippen LogP contribution is 2.36. The van der Waals surface area contributed by atoms with E-state index in [1.54, 1.807) is 20.8 Å². The Morgan fingerprint density at radius 1 is 1.08 bits per heavy atom. The van der Waals surface area contributed by atoms with E-state index >= 15 is 0 Å². The first-order chi connectivity index (χ1) is 12.3. The fraction of sp³-hybridized carbons (Fsp3) is 0.238. The van der Waals surface area contributed by atoms with Gasteiger partial charge >= 0.3 is 6.09 Å². The van der Waals surface area contributed by atoms with Crippen molar-refractivity contribution in [1.29, 1.82) is 0 Å². The number of para-hydroxylation sites is 1. The normalized spacial score (nSPS) is 14.0. The second kappa shape index (κ2) is 5.73. The summed E-state index contributed by atoms with van der Waals surface area (Å²) in [5.74, 6) is -0.345. The number of nitrogens with one attached hydrogen (secondary N) is 1. The fourth-order valence-electron chi connectivity index (χ4n) is 3.31. The van der Waals surface area contributed by atoms with E-state index in [0.717, 1.165) is 27.7 Å². The molecule has 0 saturated carbocycles. The van der Waals surface area contributed by atoms with Crippen molar-refractivity contribution in [3.05, 3.63) is 59.7 Å². The molecule has 0 bridgehead atoms. The number of hydrogen-bond acceptors (Lipinski definition) is 3. The summed E-state index contributed by atoms with van der Waals surface area (Å²) in [6.45, 7) is 5.55. The molecule has 0 atom stereocenters. The summed E-state index contributed by atoms with van der Waals surface area (Å²) in [4.78, 5) is 30.6. The molecule has 0 spiro atoms. The van der Waals surface area contributed by atoms with Crippen molar-refractivity contribution in [3.8, 4) is 11.3 Å². The predicted molar refractivity (Wildman–Crippen MR) is 99.8 cm³/mol. The zero-order valence-corrected chi connectivity index (χ0v) is 15.0. The summed E-state index contributed by atoms with van der Waals surface area (Å²) in [5, 5.41) is 0.803. The molecular formula is C21H20N2O3. The van der Waals surface area contributed by atoms with Crippen LogP contribution in [0.4, 0.5) is 4.79 Å². The number of carbonyl (C=O) groups is 2. The molecule has 2 heterocycles. The maximum Gasteiger partial charge on any atom is 0.417 e. The minimum absolute atomic E-state index is 0.181. The van der Waals surface area contributed by atoms with Crippen LogP contribution in [0.3, 0.4) is 0 Å². The summed E-state index contributed by atoms with van der Waals surface area (Å²) < 4.78 is 5.48. The van der Waals surface area contributed by atoms with Gasteiger partial charge in [0.05, 0.1) is 17.8 Å². The van der Waals surface area contributed by atoms with E-state index in [0.29, 0.717) is 5.56 Å². The first kappa shape index (κ1) is 16.4. The van der Waals surface area contributed by atoms with Crippen LogP contribution >= 0.6 is 0 Å². The highest BCUT2D eigenvalue weighted by molar-refractivity contribution is 6.16. The second-order valence-electron chi connectivity index (χ2n) is 7.45. The smallest absolute Gasteiger partial charge is 0.417 e. The number of amides is 2. The molecule has 26 heavy (non-hydrogen) atoms. The molecule has 132 valence electrons. The van der Waals surface area contributed by atoms with Crippen LogP contribution in [0.1, 0.15) is 36.7 Å². The van der Waals surface area contributed by atoms with Gasteiger partial charge in [-0.05, 0) is 32.4 Å². The van der Waals surface area contributed by atoms with Crippen molar-refractivity contribution in [1.82, 2.24) is 9.88 Å². The first-order valence-corrected chi connectivity index (χ1v) is 8.59. The van der Waals surface area contributed by atoms with Crippen molar-refractivity contribution in [2.24, 2.45) is 0 Å². The molecule has 1 N–H and O–H groups in total. The van der Waals surface area contributed by atoms with E-state index < -0.39 is 11.7 Å². The van der Waals surface area contributed by atoms with E-state index in [1.165, 1.54) is 4.90 Å². The van der Waals surface area contributed by atoms with Gasteiger partial charge in [-0.25, -0.2) is 9.69 Å². The Labute approximate surface area is 151 Å². The van der Waals surface area contributed by atoms with Crippen molar-refractivity contribution in [3.63, 3.8) is 0 Å². The molecule has 5 heteroatoms. The molecule has 0 radical (unpaired) electrons. The Kier molecular flexibility index (Phi) is 3.61. The summed E-state index contributed by atoms with van der Waals surface area (Å²) in [5.41, 5.74) is 3.28. The van der Waals surface area contributed by atoms with Gasteiger partial charge in [0.2, 0.25) is 0 Å². The van der Waals surface area contributed by atoms with Crippen LogP contribution in [0.15, 0.2) is 48.5 Å². The molecule has 2 aromatic carbocycles. The molecule has 0 aliphatic carbocycles. The van der Waals surface area contributed by atoms with Gasteiger partial charge in [0.25, 0.3) is 5.91 Å². The third kappa shape index (κ3) is 2.65. The van der Waals surface area contributed by atoms with Crippen LogP contribution in [0.25, 0.3) is 22.2 Å². The minimum atomic E-state index is -0.674. The number of aromatic nitrogens is 1. The van der Waals surface area contributed by atoms with E-state index in [9.17, 15) is 9.59 Å². The zero-order valence-electron chi connectivity index (χ0n) is 15.0. The summed E-state index contributed by atoms with van der Waals surface area (Å²) in [6, 6.07) is 15.4. The lowest BCUT2D eigenvalue weighted by atomic mass is 10.0. The number of fused-ring (bicyclic) bond motifs is 5. The van der Waals surface area contributed by atoms with E-state index in [2.05, 4.69) is 4.98 Å². The van der Waals surface area contributed by atoms with Crippen molar-refractivity contribution >= 4 is 22.9 Å². The highest BCUT2D eigenvalue weighted by atomic mass is 16.6. The highest BCUT2D eigenvalue weighted by Gasteiger charge is 2.35. The molecule has 0 saturated heterocycles. The summed E-state index contributed by atoms with van der Waals surface area (Å²) >= 11 is 0. The molecule has 3 aromatic rings. The standard InChI is InChI=1S/C21H20N2O3/c1-21(2,3)26-20(25)23-12-13-8-4-5-9-14(13)18-17(19(23)24)15-10-6-7-11-16(15)22-18/h4-11,22H,12H2,1-3H3. The number of H-pyrrole nitrogens is 1. The number of ether oxygens (including phenoxy) is 1. The molecule has 1 aliphatic rings. The zero-order chi connectivity index (χ0) is 18.5. The first-order valence-electron chi connectivity index (χ1n) is 8.59. The van der Waals surface area contributed by atoms with Crippen LogP contribution < -0.4 is 0 Å². The van der Waals surface area contributed by atoms with Crippen LogP contribution in [0.5, 0.6) is 0 Å². The van der Waals surface area contributed by atoms with Crippen molar-refractivity contribution in [2.45, 2.75) is 32.9 Å². The average Bonchev–Trinajstić information content (AvgIpc) is 2.91. The molecular weight excluding hydrogens is 328 g/mol. The van der Waals surface area contributed by atoms with Gasteiger partial charge < -0.3 is 9.72 Å². The minimum Gasteiger partial charge on any atom is -0.443 e. The summed E-state index contributed by atoms with van der Waals surface area (Å²) in [7, 11) is 0. The Balaban J connectivity index is 1.93. The maximum absolute atomic E-state index is 13.3. The maximum atomic E-state index is 13.3. The summed E-state index contributed by atoms with van der Waals surface area (Å²) in [6.07, 6.45) is -0.629. The SMILES string of the molecule is CC(C)(C)OC(=O)N1Cc2ccccc2-c2[nH]c3ccccc3c2C1=O. The molecule has 1 aliphatic heterocycles. The third-order valence-electron chi connectivity index (χ3n) is 4.39. The largest absolute Gasteiger partial charge is 0.443 e. The van der Waals surface area contributed by atoms with Crippen molar-refractivity contribution < 1.29 is 14.3 Å². The Hall–Kier alpha value is -3.08. The third-order valence-corrected chi connectivity index (χ3v) is 4.39. The van der Waals surface area contributed by atoms with Gasteiger partial charge in [0, 0.05) is 16.5 Å². The quantitative estimate of drug-likeness (QED) is 0.639. The van der Waals surface area contributed by atoms with Gasteiger partial charge in [-0.3, -0.25) is 4.79 Å². The number of imide groups is 1. The Morgan fingerprint density at radius 2 is 1.77 bits per heavy atom. The predicted octanol–water partition coefficient (Wildman–Crippen LogP) is 4.73. The van der Waals surface area contributed by atoms with Crippen molar-refractivity contribution in [2.75, 3.05) is 0 Å². The van der Waals surface area contributed by atoms with E-state index in [4.69, 9.17) is 4.74 Å². The molecule has 0 unspecified atom stereocenters. The second-order valence-corrected chi connectivity index (χ2v) is 7.45. The lowest BCUT2D eigenvalue weighted by molar-refractivity contribution is 0.0230. The topological polar surface area (TPSA) is 62.4 Å². The lowest BCUT2D eigenvalue weighted by Crippen LogP contribution is -2.39. The number of benzene rings is 2. The average molecular weight is 348 g/mol. The van der Waals surface area contributed by atoms with Gasteiger partial charge in [-0.15, -0.1) is 0 Å². The van der Waals surface area contributed by atoms with Crippen LogP contribution in [-0.4, -0.2) is 27.5 Å². The molecule has 5 nitrogen and oxygen atoms in total. The van der Waals surface area contributed by atoms with Gasteiger partial charge in [0.1, 0.15) is 5.60 Å². The number of hydrogen-bond donors (Lipinski definition) is 1. The molecule has 2 amide bonds. The Morgan fingerprint density at radius 3 is 2.54 bits per heavy atom. The van der Waals surface area contributed by atoms with Gasteiger partial charge in [-0.1, -0.05) is 42.5 Å². The van der Waals surface area contributed by atoms with Gasteiger partial charge in [0.15, 0.2) is 0 Å². The number of aromatic amines is 1. The Bertz CT molecular complexity index is 1030. The monoisotopic (exact) mass is 348 g/mol. The fourth-order valence-corrected chi connectivity index (χ4v) is 3.31. The molecule has 4 rings (SSSR count). The van der Waals surface area contributed by atoms with Gasteiger partial charge in [-0.2, -0.15) is 0 Å². The lowest BCUT2D eigenvalue weighted by Gasteiger charge is -2.25. The van der Waals surface area contributed by atoms with Crippen LogP contribution in [0, 0.1) is 0 Å². The van der Waals surface area contributed by atoms with Crippen LogP contribution in [0.2, 0.25) is 0 Å². The van der Waals surface area contributed by atoms with Crippen LogP contribution in [-0.2, 0) is 11.3 Å².